The number of hydrogen-bond acceptors (Lipinski definition) is 4. The van der Waals surface area contributed by atoms with Crippen LogP contribution in [0, 0.1) is 0 Å². The van der Waals surface area contributed by atoms with E-state index in [9.17, 15) is 13.5 Å². The van der Waals surface area contributed by atoms with E-state index >= 15 is 0 Å². The zero-order chi connectivity index (χ0) is 21.7. The van der Waals surface area contributed by atoms with Crippen molar-refractivity contribution in [2.24, 2.45) is 0 Å². The lowest BCUT2D eigenvalue weighted by atomic mass is 10.2. The number of aliphatic hydroxyl groups excluding tert-OH is 1. The van der Waals surface area contributed by atoms with Gasteiger partial charge in [-0.2, -0.15) is 5.10 Å². The molecule has 0 atom stereocenters. The molecule has 0 radical (unpaired) electrons. The number of aliphatic hydroxyl groups is 1. The number of hydrogen-bond donors (Lipinski definition) is 1. The van der Waals surface area contributed by atoms with Crippen LogP contribution in [0.1, 0.15) is 5.56 Å². The number of rotatable bonds is 8. The summed E-state index contributed by atoms with van der Waals surface area (Å²) in [4.78, 5) is 0.104. The minimum Gasteiger partial charge on any atom is -0.394 e. The molecule has 0 saturated carbocycles. The Balaban J connectivity index is 1.83. The van der Waals surface area contributed by atoms with Crippen molar-refractivity contribution in [1.82, 2.24) is 9.78 Å². The first-order valence-corrected chi connectivity index (χ1v) is 11.4. The minimum atomic E-state index is -3.98. The van der Waals surface area contributed by atoms with E-state index < -0.39 is 10.0 Å². The highest BCUT2D eigenvalue weighted by atomic mass is 32.2. The molecule has 3 aromatic carbocycles. The Hall–Kier alpha value is -3.42. The summed E-state index contributed by atoms with van der Waals surface area (Å²) in [6.07, 6.45) is 1.57. The Bertz CT molecular complexity index is 1230. The molecule has 0 bridgehead atoms. The van der Waals surface area contributed by atoms with Crippen LogP contribution in [0.5, 0.6) is 0 Å². The van der Waals surface area contributed by atoms with Gasteiger partial charge in [0.15, 0.2) is 0 Å². The molecule has 0 aliphatic heterocycles. The van der Waals surface area contributed by atoms with Gasteiger partial charge in [-0.25, -0.2) is 8.42 Å². The maximum Gasteiger partial charge on any atom is 0.268 e. The molecule has 0 spiro atoms. The quantitative estimate of drug-likeness (QED) is 0.459. The van der Waals surface area contributed by atoms with Crippen molar-refractivity contribution in [2.45, 2.75) is 11.4 Å². The standard InChI is InChI=1S/C24H23N3O3S/c28-17-16-27(22-14-8-3-9-15-22)31(29,30)23-19-26(18-20-10-4-1-5-11-20)25-24(23)21-12-6-2-7-13-21/h1-15,19,28H,16-18H2. The lowest BCUT2D eigenvalue weighted by molar-refractivity contribution is 0.306. The molecule has 1 aromatic heterocycles. The van der Waals surface area contributed by atoms with Crippen LogP contribution >= 0.6 is 0 Å². The number of nitrogens with zero attached hydrogens (tertiary/aromatic N) is 3. The van der Waals surface area contributed by atoms with E-state index in [1.54, 1.807) is 35.1 Å². The van der Waals surface area contributed by atoms with Gasteiger partial charge < -0.3 is 5.11 Å². The average molecular weight is 434 g/mol. The van der Waals surface area contributed by atoms with Gasteiger partial charge in [0, 0.05) is 11.8 Å². The van der Waals surface area contributed by atoms with Crippen molar-refractivity contribution in [2.75, 3.05) is 17.5 Å². The molecule has 6 nitrogen and oxygen atoms in total. The van der Waals surface area contributed by atoms with Crippen molar-refractivity contribution >= 4 is 15.7 Å². The fourth-order valence-electron chi connectivity index (χ4n) is 3.43. The lowest BCUT2D eigenvalue weighted by Gasteiger charge is -2.23. The van der Waals surface area contributed by atoms with E-state index in [1.165, 1.54) is 4.31 Å². The smallest absolute Gasteiger partial charge is 0.268 e. The fraction of sp³-hybridized carbons (Fsp3) is 0.125. The van der Waals surface area contributed by atoms with Crippen LogP contribution in [0.4, 0.5) is 5.69 Å². The molecule has 0 unspecified atom stereocenters. The summed E-state index contributed by atoms with van der Waals surface area (Å²) in [5.41, 5.74) is 2.61. The molecule has 4 aromatic rings. The first-order chi connectivity index (χ1) is 15.1. The van der Waals surface area contributed by atoms with Crippen LogP contribution in [-0.2, 0) is 16.6 Å². The maximum absolute atomic E-state index is 13.7. The molecule has 4 rings (SSSR count). The maximum atomic E-state index is 13.7. The van der Waals surface area contributed by atoms with Crippen LogP contribution in [-0.4, -0.2) is 36.5 Å². The summed E-state index contributed by atoms with van der Waals surface area (Å²) in [6, 6.07) is 27.8. The second-order valence-electron chi connectivity index (χ2n) is 7.03. The average Bonchev–Trinajstić information content (AvgIpc) is 3.24. The first kappa shape index (κ1) is 20.8. The summed E-state index contributed by atoms with van der Waals surface area (Å²) in [5.74, 6) is 0. The molecular formula is C24H23N3O3S. The van der Waals surface area contributed by atoms with E-state index in [0.717, 1.165) is 5.56 Å². The van der Waals surface area contributed by atoms with Crippen molar-refractivity contribution < 1.29 is 13.5 Å². The monoisotopic (exact) mass is 433 g/mol. The van der Waals surface area contributed by atoms with E-state index in [1.807, 2.05) is 66.7 Å². The summed E-state index contributed by atoms with van der Waals surface area (Å²) in [5, 5.41) is 14.2. The molecule has 0 amide bonds. The lowest BCUT2D eigenvalue weighted by Crippen LogP contribution is -2.33. The van der Waals surface area contributed by atoms with Crippen LogP contribution in [0.3, 0.4) is 0 Å². The van der Waals surface area contributed by atoms with Crippen LogP contribution < -0.4 is 4.31 Å². The van der Waals surface area contributed by atoms with Crippen molar-refractivity contribution in [1.29, 1.82) is 0 Å². The zero-order valence-electron chi connectivity index (χ0n) is 16.9. The van der Waals surface area contributed by atoms with Crippen molar-refractivity contribution in [3.63, 3.8) is 0 Å². The number of sulfonamides is 1. The molecule has 0 aliphatic rings. The van der Waals surface area contributed by atoms with E-state index in [2.05, 4.69) is 5.10 Å². The normalized spacial score (nSPS) is 11.4. The summed E-state index contributed by atoms with van der Waals surface area (Å²) in [6.45, 7) is 0.0962. The number of benzene rings is 3. The Labute approximate surface area is 182 Å². The Morgan fingerprint density at radius 1 is 0.839 bits per heavy atom. The van der Waals surface area contributed by atoms with Gasteiger partial charge in [-0.1, -0.05) is 78.9 Å². The van der Waals surface area contributed by atoms with E-state index in [4.69, 9.17) is 0 Å². The molecule has 1 N–H and O–H groups in total. The van der Waals surface area contributed by atoms with Gasteiger partial charge in [0.1, 0.15) is 10.6 Å². The molecule has 0 fully saturated rings. The van der Waals surface area contributed by atoms with Gasteiger partial charge in [0.2, 0.25) is 0 Å². The minimum absolute atomic E-state index is 0.0511. The Morgan fingerprint density at radius 2 is 1.42 bits per heavy atom. The molecule has 1 heterocycles. The van der Waals surface area contributed by atoms with Crippen LogP contribution in [0.2, 0.25) is 0 Å². The third kappa shape index (κ3) is 4.52. The second-order valence-corrected chi connectivity index (χ2v) is 8.86. The van der Waals surface area contributed by atoms with E-state index in [0.29, 0.717) is 23.5 Å². The Kier molecular flexibility index (Phi) is 6.16. The third-order valence-corrected chi connectivity index (χ3v) is 6.71. The summed E-state index contributed by atoms with van der Waals surface area (Å²) < 4.78 is 30.4. The van der Waals surface area contributed by atoms with Gasteiger partial charge in [-0.3, -0.25) is 8.99 Å². The van der Waals surface area contributed by atoms with Gasteiger partial charge in [0.05, 0.1) is 25.4 Å². The first-order valence-electron chi connectivity index (χ1n) is 9.95. The fourth-order valence-corrected chi connectivity index (χ4v) is 5.05. The largest absolute Gasteiger partial charge is 0.394 e. The zero-order valence-corrected chi connectivity index (χ0v) is 17.7. The number of aromatic nitrogens is 2. The molecule has 31 heavy (non-hydrogen) atoms. The SMILES string of the molecule is O=S(=O)(c1cn(Cc2ccccc2)nc1-c1ccccc1)N(CCO)c1ccccc1. The predicted molar refractivity (Wildman–Crippen MR) is 121 cm³/mol. The van der Waals surface area contributed by atoms with Gasteiger partial charge >= 0.3 is 0 Å². The molecule has 0 saturated heterocycles. The molecule has 0 aliphatic carbocycles. The highest BCUT2D eigenvalue weighted by Gasteiger charge is 2.30. The molecule has 7 heteroatoms. The molecular weight excluding hydrogens is 410 g/mol. The van der Waals surface area contributed by atoms with Crippen molar-refractivity contribution in [3.8, 4) is 11.3 Å². The van der Waals surface area contributed by atoms with Crippen LogP contribution in [0.15, 0.2) is 102 Å². The number of para-hydroxylation sites is 1. The predicted octanol–water partition coefficient (Wildman–Crippen LogP) is 3.79. The van der Waals surface area contributed by atoms with Gasteiger partial charge in [-0.05, 0) is 17.7 Å². The second kappa shape index (κ2) is 9.16. The Morgan fingerprint density at radius 3 is 2.03 bits per heavy atom. The topological polar surface area (TPSA) is 75.4 Å². The van der Waals surface area contributed by atoms with Gasteiger partial charge in [0.25, 0.3) is 10.0 Å². The highest BCUT2D eigenvalue weighted by molar-refractivity contribution is 7.93. The summed E-state index contributed by atoms with van der Waals surface area (Å²) >= 11 is 0. The summed E-state index contributed by atoms with van der Waals surface area (Å²) in [7, 11) is -3.98. The highest BCUT2D eigenvalue weighted by Crippen LogP contribution is 2.31. The number of anilines is 1. The van der Waals surface area contributed by atoms with E-state index in [-0.39, 0.29) is 18.0 Å². The van der Waals surface area contributed by atoms with Gasteiger partial charge in [-0.15, -0.1) is 0 Å². The van der Waals surface area contributed by atoms with Crippen LogP contribution in [0.25, 0.3) is 11.3 Å². The molecule has 158 valence electrons. The van der Waals surface area contributed by atoms with Crippen molar-refractivity contribution in [3.05, 3.63) is 103 Å². The third-order valence-electron chi connectivity index (χ3n) is 4.88.